The molecule has 1 aromatic rings. The van der Waals surface area contributed by atoms with Crippen molar-refractivity contribution in [2.45, 2.75) is 38.7 Å². The number of rotatable bonds is 8. The van der Waals surface area contributed by atoms with Gasteiger partial charge in [-0.15, -0.1) is 0 Å². The van der Waals surface area contributed by atoms with Crippen molar-refractivity contribution in [1.82, 2.24) is 10.2 Å². The van der Waals surface area contributed by atoms with Crippen LogP contribution in [-0.2, 0) is 16.0 Å². The van der Waals surface area contributed by atoms with Gasteiger partial charge in [0.05, 0.1) is 19.3 Å². The molecule has 1 aliphatic rings. The molecule has 1 saturated heterocycles. The fraction of sp³-hybridized carbons (Fsp3) is 0.632. The number of aliphatic hydroxyl groups excluding tert-OH is 1. The third-order valence-electron chi connectivity index (χ3n) is 4.56. The molecule has 1 amide bonds. The number of morpholine rings is 1. The molecule has 1 fully saturated rings. The lowest BCUT2D eigenvalue weighted by Gasteiger charge is -2.28. The highest BCUT2D eigenvalue weighted by atomic mass is 16.5. The minimum atomic E-state index is -0.536. The normalized spacial score (nSPS) is 18.1. The number of carbonyl (C=O) groups is 1. The van der Waals surface area contributed by atoms with E-state index in [9.17, 15) is 9.90 Å². The third kappa shape index (κ3) is 6.23. The van der Waals surface area contributed by atoms with Crippen LogP contribution >= 0.6 is 0 Å². The van der Waals surface area contributed by atoms with Crippen LogP contribution < -0.4 is 5.32 Å². The van der Waals surface area contributed by atoms with E-state index in [1.165, 1.54) is 11.1 Å². The second-order valence-corrected chi connectivity index (χ2v) is 6.57. The Morgan fingerprint density at radius 2 is 1.96 bits per heavy atom. The van der Waals surface area contributed by atoms with Crippen LogP contribution in [0.2, 0.25) is 0 Å². The van der Waals surface area contributed by atoms with E-state index in [1.54, 1.807) is 0 Å². The molecule has 1 aliphatic heterocycles. The number of nitrogens with one attached hydrogen (secondary N) is 1. The summed E-state index contributed by atoms with van der Waals surface area (Å²) in [5.41, 5.74) is 2.48. The number of nitrogens with zero attached hydrogens (tertiary/aromatic N) is 1. The van der Waals surface area contributed by atoms with Gasteiger partial charge in [-0.25, -0.2) is 0 Å². The quantitative estimate of drug-likeness (QED) is 0.757. The van der Waals surface area contributed by atoms with Crippen molar-refractivity contribution in [2.24, 2.45) is 0 Å². The maximum atomic E-state index is 12.1. The van der Waals surface area contributed by atoms with Crippen molar-refractivity contribution in [3.63, 3.8) is 0 Å². The Kier molecular flexibility index (Phi) is 7.69. The van der Waals surface area contributed by atoms with Crippen LogP contribution in [0.4, 0.5) is 0 Å². The smallest absolute Gasteiger partial charge is 0.220 e. The summed E-state index contributed by atoms with van der Waals surface area (Å²) in [6.07, 6.45) is 0.928. The Morgan fingerprint density at radius 3 is 2.58 bits per heavy atom. The Hall–Kier alpha value is -1.43. The van der Waals surface area contributed by atoms with E-state index >= 15 is 0 Å². The number of aliphatic hydroxyl groups is 1. The Labute approximate surface area is 145 Å². The molecule has 2 N–H and O–H groups in total. The standard InChI is InChI=1S/C19H30N2O3/c1-3-16-4-6-17(7-5-16)15(2)12-19(23)20-13-18(22)14-21-8-10-24-11-9-21/h4-7,15,18,22H,3,8-14H2,1-2H3,(H,20,23). The molecule has 0 aromatic heterocycles. The fourth-order valence-corrected chi connectivity index (χ4v) is 2.93. The highest BCUT2D eigenvalue weighted by Gasteiger charge is 2.16. The van der Waals surface area contributed by atoms with E-state index in [0.29, 0.717) is 32.7 Å². The lowest BCUT2D eigenvalue weighted by atomic mass is 9.96. The molecule has 0 saturated carbocycles. The van der Waals surface area contributed by atoms with E-state index in [4.69, 9.17) is 4.74 Å². The highest BCUT2D eigenvalue weighted by Crippen LogP contribution is 2.19. The summed E-state index contributed by atoms with van der Waals surface area (Å²) in [4.78, 5) is 14.3. The summed E-state index contributed by atoms with van der Waals surface area (Å²) in [5, 5.41) is 12.9. The first kappa shape index (κ1) is 18.9. The molecular formula is C19H30N2O3. The minimum absolute atomic E-state index is 0.0110. The van der Waals surface area contributed by atoms with Crippen molar-refractivity contribution < 1.29 is 14.6 Å². The fourth-order valence-electron chi connectivity index (χ4n) is 2.93. The van der Waals surface area contributed by atoms with Crippen molar-refractivity contribution in [1.29, 1.82) is 0 Å². The summed E-state index contributed by atoms with van der Waals surface area (Å²) in [7, 11) is 0. The molecule has 24 heavy (non-hydrogen) atoms. The van der Waals surface area contributed by atoms with Crippen LogP contribution in [0.5, 0.6) is 0 Å². The van der Waals surface area contributed by atoms with Crippen LogP contribution in [0.15, 0.2) is 24.3 Å². The number of carbonyl (C=O) groups excluding carboxylic acids is 1. The Morgan fingerprint density at radius 1 is 1.29 bits per heavy atom. The largest absolute Gasteiger partial charge is 0.390 e. The first-order valence-corrected chi connectivity index (χ1v) is 8.92. The summed E-state index contributed by atoms with van der Waals surface area (Å²) in [5.74, 6) is 0.162. The number of benzene rings is 1. The van der Waals surface area contributed by atoms with E-state index in [0.717, 1.165) is 19.5 Å². The lowest BCUT2D eigenvalue weighted by molar-refractivity contribution is -0.122. The van der Waals surface area contributed by atoms with Gasteiger partial charge in [0, 0.05) is 32.6 Å². The molecule has 2 rings (SSSR count). The van der Waals surface area contributed by atoms with Gasteiger partial charge < -0.3 is 15.2 Å². The zero-order valence-corrected chi connectivity index (χ0v) is 14.8. The maximum Gasteiger partial charge on any atom is 0.220 e. The number of aryl methyl sites for hydroxylation is 1. The molecule has 2 atom stereocenters. The number of amides is 1. The first-order valence-electron chi connectivity index (χ1n) is 8.92. The van der Waals surface area contributed by atoms with E-state index in [-0.39, 0.29) is 11.8 Å². The second kappa shape index (κ2) is 9.77. The third-order valence-corrected chi connectivity index (χ3v) is 4.56. The molecule has 1 aromatic carbocycles. The van der Waals surface area contributed by atoms with Gasteiger partial charge in [-0.05, 0) is 23.5 Å². The summed E-state index contributed by atoms with van der Waals surface area (Å²) >= 11 is 0. The molecule has 0 radical (unpaired) electrons. The van der Waals surface area contributed by atoms with Crippen molar-refractivity contribution in [2.75, 3.05) is 39.4 Å². The topological polar surface area (TPSA) is 61.8 Å². The average Bonchev–Trinajstić information content (AvgIpc) is 2.61. The molecule has 1 heterocycles. The van der Waals surface area contributed by atoms with Gasteiger partial charge in [0.15, 0.2) is 0 Å². The van der Waals surface area contributed by atoms with Crippen LogP contribution in [0.1, 0.15) is 37.3 Å². The molecule has 134 valence electrons. The van der Waals surface area contributed by atoms with E-state index in [2.05, 4.69) is 48.3 Å². The number of β-amino-alcohol motifs (C(OH)–C–C–N with tert-alkyl or cyclic N) is 1. The molecule has 0 spiro atoms. The van der Waals surface area contributed by atoms with Gasteiger partial charge >= 0.3 is 0 Å². The summed E-state index contributed by atoms with van der Waals surface area (Å²) in [6.45, 7) is 8.20. The summed E-state index contributed by atoms with van der Waals surface area (Å²) in [6, 6.07) is 8.44. The van der Waals surface area contributed by atoms with E-state index < -0.39 is 6.10 Å². The zero-order chi connectivity index (χ0) is 17.4. The molecule has 0 aliphatic carbocycles. The van der Waals surface area contributed by atoms with Gasteiger partial charge in [0.1, 0.15) is 0 Å². The monoisotopic (exact) mass is 334 g/mol. The number of hydrogen-bond acceptors (Lipinski definition) is 4. The van der Waals surface area contributed by atoms with E-state index in [1.807, 2.05) is 0 Å². The number of hydrogen-bond donors (Lipinski definition) is 2. The van der Waals surface area contributed by atoms with Gasteiger partial charge in [-0.1, -0.05) is 38.1 Å². The number of ether oxygens (including phenoxy) is 1. The van der Waals surface area contributed by atoms with Crippen LogP contribution in [0.25, 0.3) is 0 Å². The van der Waals surface area contributed by atoms with Crippen LogP contribution in [0.3, 0.4) is 0 Å². The van der Waals surface area contributed by atoms with Gasteiger partial charge in [0.25, 0.3) is 0 Å². The predicted molar refractivity (Wildman–Crippen MR) is 95.1 cm³/mol. The van der Waals surface area contributed by atoms with Gasteiger partial charge in [-0.2, -0.15) is 0 Å². The molecular weight excluding hydrogens is 304 g/mol. The molecule has 5 nitrogen and oxygen atoms in total. The second-order valence-electron chi connectivity index (χ2n) is 6.57. The van der Waals surface area contributed by atoms with Crippen molar-refractivity contribution in [3.05, 3.63) is 35.4 Å². The molecule has 2 unspecified atom stereocenters. The van der Waals surface area contributed by atoms with Crippen molar-refractivity contribution in [3.8, 4) is 0 Å². The Bertz CT molecular complexity index is 498. The van der Waals surface area contributed by atoms with Crippen molar-refractivity contribution >= 4 is 5.91 Å². The van der Waals surface area contributed by atoms with Gasteiger partial charge in [0.2, 0.25) is 5.91 Å². The van der Waals surface area contributed by atoms with Crippen LogP contribution in [0, 0.1) is 0 Å². The highest BCUT2D eigenvalue weighted by molar-refractivity contribution is 5.76. The average molecular weight is 334 g/mol. The Balaban J connectivity index is 1.69. The lowest BCUT2D eigenvalue weighted by Crippen LogP contribution is -2.44. The SMILES string of the molecule is CCc1ccc(C(C)CC(=O)NCC(O)CN2CCOCC2)cc1. The summed E-state index contributed by atoms with van der Waals surface area (Å²) < 4.78 is 5.29. The molecule has 0 bridgehead atoms. The first-order chi connectivity index (χ1) is 11.6. The van der Waals surface area contributed by atoms with Crippen LogP contribution in [-0.4, -0.2) is 61.4 Å². The minimum Gasteiger partial charge on any atom is -0.390 e. The zero-order valence-electron chi connectivity index (χ0n) is 14.8. The maximum absolute atomic E-state index is 12.1. The molecule has 5 heteroatoms. The predicted octanol–water partition coefficient (Wildman–Crippen LogP) is 1.55. The van der Waals surface area contributed by atoms with Gasteiger partial charge in [-0.3, -0.25) is 9.69 Å².